The third-order valence-electron chi connectivity index (χ3n) is 6.04. The summed E-state index contributed by atoms with van der Waals surface area (Å²) in [5.41, 5.74) is 0.643. The van der Waals surface area contributed by atoms with E-state index in [1.807, 2.05) is 18.7 Å². The molecule has 0 spiro atoms. The summed E-state index contributed by atoms with van der Waals surface area (Å²) in [4.78, 5) is 17.9. The van der Waals surface area contributed by atoms with Crippen LogP contribution >= 0.6 is 0 Å². The molecule has 1 aromatic carbocycles. The molecule has 1 aliphatic rings. The van der Waals surface area contributed by atoms with Crippen molar-refractivity contribution in [1.29, 1.82) is 0 Å². The normalized spacial score (nSPS) is 17.2. The van der Waals surface area contributed by atoms with E-state index >= 15 is 4.39 Å². The minimum Gasteiger partial charge on any atom is -0.481 e. The molecule has 3 aromatic rings. The lowest BCUT2D eigenvalue weighted by Crippen LogP contribution is -2.40. The molecule has 1 unspecified atom stereocenters. The summed E-state index contributed by atoms with van der Waals surface area (Å²) in [6, 6.07) is 4.15. The number of fused-ring (bicyclic) bond motifs is 1. The number of hydrogen-bond acceptors (Lipinski definition) is 4. The minimum absolute atomic E-state index is 0.00360. The first-order valence-corrected chi connectivity index (χ1v) is 10.7. The standard InChI is InChI=1S/C23H24F4N4O2/c1-12(2)17-13(3)28-20-18(24)19(14-6-8-16(9-7-14)23(25,26)27)29-31(20)21(17)30-10-4-5-15(11-30)22(32)33/h6-9,12,15H,4-5,10-11H2,1-3H3,(H,32,33). The SMILES string of the molecule is Cc1nc2c(F)c(-c3ccc(C(F)(F)F)cc3)nn2c(N2CCCC(C(=O)O)C2)c1C(C)C. The third-order valence-corrected chi connectivity index (χ3v) is 6.04. The monoisotopic (exact) mass is 464 g/mol. The van der Waals surface area contributed by atoms with Crippen molar-refractivity contribution in [2.75, 3.05) is 18.0 Å². The first-order chi connectivity index (χ1) is 15.5. The molecule has 0 radical (unpaired) electrons. The molecule has 33 heavy (non-hydrogen) atoms. The predicted octanol–water partition coefficient (Wildman–Crippen LogP) is 5.29. The number of piperidine rings is 1. The van der Waals surface area contributed by atoms with E-state index in [9.17, 15) is 23.1 Å². The van der Waals surface area contributed by atoms with Crippen LogP contribution in [-0.2, 0) is 11.0 Å². The number of carbonyl (C=O) groups is 1. The van der Waals surface area contributed by atoms with E-state index in [-0.39, 0.29) is 29.4 Å². The summed E-state index contributed by atoms with van der Waals surface area (Å²) >= 11 is 0. The van der Waals surface area contributed by atoms with Gasteiger partial charge in [0.2, 0.25) is 0 Å². The van der Waals surface area contributed by atoms with Gasteiger partial charge in [0.15, 0.2) is 11.5 Å². The lowest BCUT2D eigenvalue weighted by molar-refractivity contribution is -0.142. The molecule has 1 fully saturated rings. The number of hydrogen-bond donors (Lipinski definition) is 1. The number of alkyl halides is 3. The van der Waals surface area contributed by atoms with Gasteiger partial charge in [-0.15, -0.1) is 0 Å². The molecular formula is C23H24F4N4O2. The van der Waals surface area contributed by atoms with Crippen molar-refractivity contribution < 1.29 is 27.5 Å². The Hall–Kier alpha value is -3.17. The van der Waals surface area contributed by atoms with Gasteiger partial charge in [0, 0.05) is 29.9 Å². The molecule has 1 saturated heterocycles. The second kappa shape index (κ2) is 8.31. The largest absolute Gasteiger partial charge is 0.481 e. The van der Waals surface area contributed by atoms with Crippen LogP contribution in [0.15, 0.2) is 24.3 Å². The molecule has 6 nitrogen and oxygen atoms in total. The molecule has 0 bridgehead atoms. The maximum atomic E-state index is 15.4. The molecule has 0 saturated carbocycles. The number of aliphatic carboxylic acids is 1. The van der Waals surface area contributed by atoms with Gasteiger partial charge >= 0.3 is 12.1 Å². The fourth-order valence-electron chi connectivity index (χ4n) is 4.48. The van der Waals surface area contributed by atoms with Crippen molar-refractivity contribution in [1.82, 2.24) is 14.6 Å². The van der Waals surface area contributed by atoms with Crippen molar-refractivity contribution >= 4 is 17.4 Å². The lowest BCUT2D eigenvalue weighted by Gasteiger charge is -2.34. The smallest absolute Gasteiger partial charge is 0.416 e. The third kappa shape index (κ3) is 4.14. The van der Waals surface area contributed by atoms with Crippen LogP contribution < -0.4 is 4.90 Å². The average Bonchev–Trinajstić information content (AvgIpc) is 3.08. The van der Waals surface area contributed by atoms with Gasteiger partial charge in [-0.1, -0.05) is 26.0 Å². The van der Waals surface area contributed by atoms with Gasteiger partial charge in [-0.25, -0.2) is 9.37 Å². The molecule has 3 heterocycles. The Morgan fingerprint density at radius 1 is 1.21 bits per heavy atom. The topological polar surface area (TPSA) is 70.7 Å². The van der Waals surface area contributed by atoms with Crippen molar-refractivity contribution in [3.05, 3.63) is 46.9 Å². The molecule has 4 rings (SSSR count). The van der Waals surface area contributed by atoms with E-state index in [4.69, 9.17) is 0 Å². The second-order valence-electron chi connectivity index (χ2n) is 8.69. The Labute approximate surface area is 187 Å². The van der Waals surface area contributed by atoms with Crippen LogP contribution in [-0.4, -0.2) is 38.8 Å². The molecule has 1 N–H and O–H groups in total. The van der Waals surface area contributed by atoms with Gasteiger partial charge in [-0.2, -0.15) is 22.8 Å². The first-order valence-electron chi connectivity index (χ1n) is 10.7. The highest BCUT2D eigenvalue weighted by Gasteiger charge is 2.32. The summed E-state index contributed by atoms with van der Waals surface area (Å²) in [6.07, 6.45) is -3.28. The fourth-order valence-corrected chi connectivity index (χ4v) is 4.48. The van der Waals surface area contributed by atoms with Crippen LogP contribution in [0, 0.1) is 18.7 Å². The quantitative estimate of drug-likeness (QED) is 0.532. The van der Waals surface area contributed by atoms with Crippen LogP contribution in [0.1, 0.15) is 49.4 Å². The summed E-state index contributed by atoms with van der Waals surface area (Å²) in [7, 11) is 0. The zero-order chi connectivity index (χ0) is 24.1. The Morgan fingerprint density at radius 3 is 2.45 bits per heavy atom. The van der Waals surface area contributed by atoms with Crippen LogP contribution in [0.2, 0.25) is 0 Å². The summed E-state index contributed by atoms with van der Waals surface area (Å²) < 4.78 is 55.6. The van der Waals surface area contributed by atoms with E-state index in [0.717, 1.165) is 17.7 Å². The van der Waals surface area contributed by atoms with E-state index in [1.165, 1.54) is 16.6 Å². The number of benzene rings is 1. The van der Waals surface area contributed by atoms with Crippen LogP contribution in [0.4, 0.5) is 23.4 Å². The first kappa shape index (κ1) is 23.0. The van der Waals surface area contributed by atoms with Crippen molar-refractivity contribution in [3.8, 4) is 11.3 Å². The van der Waals surface area contributed by atoms with E-state index in [1.54, 1.807) is 6.92 Å². The second-order valence-corrected chi connectivity index (χ2v) is 8.69. The Morgan fingerprint density at radius 2 is 1.88 bits per heavy atom. The van der Waals surface area contributed by atoms with Gasteiger partial charge in [-0.05, 0) is 37.8 Å². The maximum Gasteiger partial charge on any atom is 0.416 e. The van der Waals surface area contributed by atoms with Crippen molar-refractivity contribution in [2.24, 2.45) is 5.92 Å². The Balaban J connectivity index is 1.89. The zero-order valence-electron chi connectivity index (χ0n) is 18.4. The Kier molecular flexibility index (Phi) is 5.79. The van der Waals surface area contributed by atoms with Crippen LogP contribution in [0.25, 0.3) is 16.9 Å². The molecule has 176 valence electrons. The maximum absolute atomic E-state index is 15.4. The van der Waals surface area contributed by atoms with Gasteiger partial charge in [0.25, 0.3) is 0 Å². The Bertz CT molecular complexity index is 1200. The molecule has 10 heteroatoms. The van der Waals surface area contributed by atoms with Gasteiger partial charge in [0.05, 0.1) is 11.5 Å². The molecule has 1 atom stereocenters. The highest BCUT2D eigenvalue weighted by molar-refractivity contribution is 5.72. The van der Waals surface area contributed by atoms with Crippen LogP contribution in [0.3, 0.4) is 0 Å². The zero-order valence-corrected chi connectivity index (χ0v) is 18.4. The average molecular weight is 464 g/mol. The predicted molar refractivity (Wildman–Crippen MR) is 115 cm³/mol. The highest BCUT2D eigenvalue weighted by Crippen LogP contribution is 2.36. The molecule has 0 aliphatic carbocycles. The minimum atomic E-state index is -4.50. The summed E-state index contributed by atoms with van der Waals surface area (Å²) in [6.45, 7) is 6.54. The highest BCUT2D eigenvalue weighted by atomic mass is 19.4. The summed E-state index contributed by atoms with van der Waals surface area (Å²) in [5.74, 6) is -1.59. The number of aromatic nitrogens is 3. The van der Waals surface area contributed by atoms with Crippen molar-refractivity contribution in [2.45, 2.75) is 45.7 Å². The van der Waals surface area contributed by atoms with Gasteiger partial charge in [0.1, 0.15) is 11.5 Å². The van der Waals surface area contributed by atoms with E-state index in [2.05, 4.69) is 10.1 Å². The fraction of sp³-hybridized carbons (Fsp3) is 0.435. The number of carboxylic acids is 1. The molecular weight excluding hydrogens is 440 g/mol. The molecule has 0 amide bonds. The van der Waals surface area contributed by atoms with Gasteiger partial charge < -0.3 is 10.0 Å². The van der Waals surface area contributed by atoms with Gasteiger partial charge in [-0.3, -0.25) is 4.79 Å². The number of nitrogens with zero attached hydrogens (tertiary/aromatic N) is 4. The molecule has 1 aliphatic heterocycles. The van der Waals surface area contributed by atoms with Crippen LogP contribution in [0.5, 0.6) is 0 Å². The van der Waals surface area contributed by atoms with E-state index < -0.39 is 29.4 Å². The van der Waals surface area contributed by atoms with Crippen molar-refractivity contribution in [3.63, 3.8) is 0 Å². The molecule has 2 aromatic heterocycles. The number of carboxylic acid groups (broad SMARTS) is 1. The number of halogens is 4. The number of aryl methyl sites for hydroxylation is 1. The number of anilines is 1. The lowest BCUT2D eigenvalue weighted by atomic mass is 9.96. The number of rotatable bonds is 4. The van der Waals surface area contributed by atoms with E-state index in [0.29, 0.717) is 30.9 Å². The summed E-state index contributed by atoms with van der Waals surface area (Å²) in [5, 5.41) is 13.9.